The van der Waals surface area contributed by atoms with Gasteiger partial charge in [0.15, 0.2) is 11.5 Å². The number of ether oxygens (including phenoxy) is 3. The SMILES string of the molecule is COc1ccc(C(=O)NCC(C)(C)CN(C)C)c(OC)c1OC. The molecule has 1 N–H and O–H groups in total. The molecule has 0 aromatic heterocycles. The van der Waals surface area contributed by atoms with Crippen molar-refractivity contribution in [1.82, 2.24) is 10.2 Å². The van der Waals surface area contributed by atoms with Gasteiger partial charge in [0.2, 0.25) is 5.75 Å². The lowest BCUT2D eigenvalue weighted by atomic mass is 9.93. The molecular weight excluding hydrogens is 296 g/mol. The van der Waals surface area contributed by atoms with Gasteiger partial charge < -0.3 is 24.4 Å². The predicted octanol–water partition coefficient (Wildman–Crippen LogP) is 2.03. The van der Waals surface area contributed by atoms with E-state index in [2.05, 4.69) is 24.1 Å². The van der Waals surface area contributed by atoms with Crippen LogP contribution >= 0.6 is 0 Å². The molecule has 0 aliphatic rings. The predicted molar refractivity (Wildman–Crippen MR) is 90.8 cm³/mol. The fraction of sp³-hybridized carbons (Fsp3) is 0.588. The van der Waals surface area contributed by atoms with E-state index in [0.29, 0.717) is 29.4 Å². The minimum absolute atomic E-state index is 0.0387. The zero-order chi connectivity index (χ0) is 17.6. The number of benzene rings is 1. The molecule has 0 bridgehead atoms. The molecule has 0 unspecified atom stereocenters. The van der Waals surface area contributed by atoms with E-state index in [1.54, 1.807) is 19.2 Å². The van der Waals surface area contributed by atoms with E-state index in [-0.39, 0.29) is 11.3 Å². The summed E-state index contributed by atoms with van der Waals surface area (Å²) in [6, 6.07) is 3.37. The highest BCUT2D eigenvalue weighted by Crippen LogP contribution is 2.39. The van der Waals surface area contributed by atoms with Crippen molar-refractivity contribution in [2.75, 3.05) is 48.5 Å². The molecule has 0 radical (unpaired) electrons. The van der Waals surface area contributed by atoms with Gasteiger partial charge in [-0.1, -0.05) is 13.8 Å². The van der Waals surface area contributed by atoms with E-state index < -0.39 is 0 Å². The number of carbonyl (C=O) groups is 1. The van der Waals surface area contributed by atoms with Crippen LogP contribution in [0.1, 0.15) is 24.2 Å². The molecule has 6 heteroatoms. The van der Waals surface area contributed by atoms with Crippen LogP contribution in [0.25, 0.3) is 0 Å². The fourth-order valence-electron chi connectivity index (χ4n) is 2.61. The monoisotopic (exact) mass is 324 g/mol. The van der Waals surface area contributed by atoms with Gasteiger partial charge in [0.1, 0.15) is 0 Å². The molecule has 1 aromatic rings. The van der Waals surface area contributed by atoms with Gasteiger partial charge in [-0.2, -0.15) is 0 Å². The van der Waals surface area contributed by atoms with Crippen molar-refractivity contribution in [2.45, 2.75) is 13.8 Å². The highest BCUT2D eigenvalue weighted by molar-refractivity contribution is 5.98. The van der Waals surface area contributed by atoms with E-state index in [1.165, 1.54) is 14.2 Å². The van der Waals surface area contributed by atoms with Crippen LogP contribution in [-0.2, 0) is 0 Å². The number of methoxy groups -OCH3 is 3. The molecule has 0 heterocycles. The Kier molecular flexibility index (Phi) is 6.69. The van der Waals surface area contributed by atoms with Crippen LogP contribution in [0.4, 0.5) is 0 Å². The molecule has 0 spiro atoms. The van der Waals surface area contributed by atoms with Crippen LogP contribution in [0.3, 0.4) is 0 Å². The van der Waals surface area contributed by atoms with Crippen molar-refractivity contribution in [3.63, 3.8) is 0 Å². The van der Waals surface area contributed by atoms with Gasteiger partial charge in [-0.05, 0) is 31.6 Å². The Morgan fingerprint density at radius 3 is 2.17 bits per heavy atom. The largest absolute Gasteiger partial charge is 0.493 e. The van der Waals surface area contributed by atoms with Gasteiger partial charge >= 0.3 is 0 Å². The first kappa shape index (κ1) is 19.1. The van der Waals surface area contributed by atoms with E-state index in [4.69, 9.17) is 14.2 Å². The topological polar surface area (TPSA) is 60.0 Å². The summed E-state index contributed by atoms with van der Waals surface area (Å²) in [5, 5.41) is 2.97. The van der Waals surface area contributed by atoms with Gasteiger partial charge in [0.25, 0.3) is 5.91 Å². The number of hydrogen-bond donors (Lipinski definition) is 1. The maximum Gasteiger partial charge on any atom is 0.255 e. The van der Waals surface area contributed by atoms with Crippen LogP contribution in [-0.4, -0.2) is 59.3 Å². The Bertz CT molecular complexity index is 542. The first-order valence-electron chi connectivity index (χ1n) is 7.47. The van der Waals surface area contributed by atoms with Crippen LogP contribution < -0.4 is 19.5 Å². The lowest BCUT2D eigenvalue weighted by molar-refractivity contribution is 0.0925. The zero-order valence-electron chi connectivity index (χ0n) is 15.1. The summed E-state index contributed by atoms with van der Waals surface area (Å²) in [5.74, 6) is 1.11. The third-order valence-corrected chi connectivity index (χ3v) is 3.42. The molecule has 130 valence electrons. The van der Waals surface area contributed by atoms with Crippen LogP contribution in [0.2, 0.25) is 0 Å². The molecule has 0 saturated heterocycles. The molecule has 1 rings (SSSR count). The number of amides is 1. The van der Waals surface area contributed by atoms with Crippen molar-refractivity contribution in [1.29, 1.82) is 0 Å². The van der Waals surface area contributed by atoms with Crippen molar-refractivity contribution in [2.24, 2.45) is 5.41 Å². The Hall–Kier alpha value is -1.95. The average molecular weight is 324 g/mol. The second kappa shape index (κ2) is 8.06. The number of carbonyl (C=O) groups excluding carboxylic acids is 1. The van der Waals surface area contributed by atoms with Crippen molar-refractivity contribution in [3.05, 3.63) is 17.7 Å². The summed E-state index contributed by atoms with van der Waals surface area (Å²) in [6.45, 7) is 5.65. The minimum atomic E-state index is -0.199. The van der Waals surface area contributed by atoms with Crippen LogP contribution in [0.5, 0.6) is 17.2 Å². The van der Waals surface area contributed by atoms with Gasteiger partial charge in [-0.15, -0.1) is 0 Å². The first-order valence-corrected chi connectivity index (χ1v) is 7.47. The quantitative estimate of drug-likeness (QED) is 0.793. The molecule has 0 saturated carbocycles. The molecule has 0 aliphatic carbocycles. The Morgan fingerprint density at radius 2 is 1.70 bits per heavy atom. The number of hydrogen-bond acceptors (Lipinski definition) is 5. The maximum atomic E-state index is 12.5. The van der Waals surface area contributed by atoms with E-state index >= 15 is 0 Å². The Balaban J connectivity index is 2.96. The lowest BCUT2D eigenvalue weighted by Gasteiger charge is -2.28. The van der Waals surface area contributed by atoms with Gasteiger partial charge in [0, 0.05) is 13.1 Å². The Labute approximate surface area is 138 Å². The summed E-state index contributed by atoms with van der Waals surface area (Å²) in [7, 11) is 8.59. The minimum Gasteiger partial charge on any atom is -0.493 e. The second-order valence-electron chi connectivity index (χ2n) is 6.47. The van der Waals surface area contributed by atoms with Crippen LogP contribution in [0, 0.1) is 5.41 Å². The normalized spacial score (nSPS) is 11.3. The molecular formula is C17H28N2O4. The third kappa shape index (κ3) is 5.03. The van der Waals surface area contributed by atoms with Crippen LogP contribution in [0.15, 0.2) is 12.1 Å². The van der Waals surface area contributed by atoms with Gasteiger partial charge in [0.05, 0.1) is 26.9 Å². The number of nitrogens with one attached hydrogen (secondary N) is 1. The highest BCUT2D eigenvalue weighted by Gasteiger charge is 2.24. The molecule has 1 amide bonds. The van der Waals surface area contributed by atoms with E-state index in [1.807, 2.05) is 14.1 Å². The van der Waals surface area contributed by atoms with Gasteiger partial charge in [-0.3, -0.25) is 4.79 Å². The third-order valence-electron chi connectivity index (χ3n) is 3.42. The van der Waals surface area contributed by atoms with Gasteiger partial charge in [-0.25, -0.2) is 0 Å². The van der Waals surface area contributed by atoms with Crippen molar-refractivity contribution in [3.8, 4) is 17.2 Å². The van der Waals surface area contributed by atoms with Crippen molar-refractivity contribution < 1.29 is 19.0 Å². The summed E-state index contributed by atoms with van der Waals surface area (Å²) >= 11 is 0. The highest BCUT2D eigenvalue weighted by atomic mass is 16.5. The number of rotatable bonds is 8. The molecule has 23 heavy (non-hydrogen) atoms. The average Bonchev–Trinajstić information content (AvgIpc) is 2.49. The maximum absolute atomic E-state index is 12.5. The molecule has 0 aliphatic heterocycles. The summed E-state index contributed by atoms with van der Waals surface area (Å²) in [4.78, 5) is 14.6. The van der Waals surface area contributed by atoms with E-state index in [0.717, 1.165) is 6.54 Å². The molecule has 1 aromatic carbocycles. The summed E-state index contributed by atoms with van der Waals surface area (Å²) in [6.07, 6.45) is 0. The molecule has 0 fully saturated rings. The Morgan fingerprint density at radius 1 is 1.09 bits per heavy atom. The standard InChI is InChI=1S/C17H28N2O4/c1-17(2,11-19(3)4)10-18-16(20)12-8-9-13(21-5)15(23-7)14(12)22-6/h8-9H,10-11H2,1-7H3,(H,18,20). The first-order chi connectivity index (χ1) is 10.8. The zero-order valence-corrected chi connectivity index (χ0v) is 15.1. The number of nitrogens with zero attached hydrogens (tertiary/aromatic N) is 1. The molecule has 6 nitrogen and oxygen atoms in total. The lowest BCUT2D eigenvalue weighted by Crippen LogP contribution is -2.40. The summed E-state index contributed by atoms with van der Waals surface area (Å²) in [5.41, 5.74) is 0.383. The van der Waals surface area contributed by atoms with Crippen molar-refractivity contribution >= 4 is 5.91 Å². The van der Waals surface area contributed by atoms with E-state index in [9.17, 15) is 4.79 Å². The summed E-state index contributed by atoms with van der Waals surface area (Å²) < 4.78 is 15.9. The second-order valence-corrected chi connectivity index (χ2v) is 6.47. The molecule has 0 atom stereocenters. The smallest absolute Gasteiger partial charge is 0.255 e. The fourth-order valence-corrected chi connectivity index (χ4v) is 2.61.